The van der Waals surface area contributed by atoms with E-state index in [0.29, 0.717) is 6.54 Å². The maximum Gasteiger partial charge on any atom is 0.322 e. The summed E-state index contributed by atoms with van der Waals surface area (Å²) in [7, 11) is 0. The predicted octanol–water partition coefficient (Wildman–Crippen LogP) is 0.594. The molecule has 1 amide bonds. The van der Waals surface area contributed by atoms with E-state index in [1.807, 2.05) is 0 Å². The summed E-state index contributed by atoms with van der Waals surface area (Å²) in [4.78, 5) is 24.6. The van der Waals surface area contributed by atoms with Gasteiger partial charge in [-0.1, -0.05) is 25.7 Å². The van der Waals surface area contributed by atoms with Crippen LogP contribution in [0.1, 0.15) is 38.5 Å². The lowest BCUT2D eigenvalue weighted by molar-refractivity contribution is -0.145. The molecule has 0 spiro atoms. The molecular weight excluding hydrogens is 220 g/mol. The van der Waals surface area contributed by atoms with Crippen LogP contribution in [0.5, 0.6) is 0 Å². The molecule has 2 fully saturated rings. The van der Waals surface area contributed by atoms with Gasteiger partial charge in [0.05, 0.1) is 6.54 Å². The molecule has 1 atom stereocenters. The van der Waals surface area contributed by atoms with E-state index in [4.69, 9.17) is 5.11 Å². The number of amides is 1. The number of nitrogens with zero attached hydrogens (tertiary/aromatic N) is 1. The summed E-state index contributed by atoms with van der Waals surface area (Å²) < 4.78 is 0. The average Bonchev–Trinajstić information content (AvgIpc) is 2.58. The van der Waals surface area contributed by atoms with Crippen molar-refractivity contribution >= 4 is 11.9 Å². The van der Waals surface area contributed by atoms with E-state index >= 15 is 0 Å². The number of nitrogens with one attached hydrogen (secondary N) is 1. The van der Waals surface area contributed by atoms with E-state index in [1.165, 1.54) is 12.8 Å². The molecule has 2 rings (SSSR count). The number of carbonyl (C=O) groups is 2. The maximum absolute atomic E-state index is 11.8. The highest BCUT2D eigenvalue weighted by atomic mass is 16.4. The topological polar surface area (TPSA) is 69.6 Å². The number of hydrogen-bond donors (Lipinski definition) is 2. The second-order valence-electron chi connectivity index (χ2n) is 4.96. The van der Waals surface area contributed by atoms with Crippen molar-refractivity contribution in [2.45, 2.75) is 50.6 Å². The van der Waals surface area contributed by atoms with Gasteiger partial charge in [0.2, 0.25) is 5.91 Å². The highest BCUT2D eigenvalue weighted by Gasteiger charge is 2.33. The number of rotatable bonds is 2. The Morgan fingerprint density at radius 2 is 1.88 bits per heavy atom. The minimum atomic E-state index is -0.865. The van der Waals surface area contributed by atoms with Gasteiger partial charge in [0.1, 0.15) is 6.04 Å². The van der Waals surface area contributed by atoms with Crippen LogP contribution in [0.4, 0.5) is 0 Å². The lowest BCUT2D eigenvalue weighted by Crippen LogP contribution is -2.59. The summed E-state index contributed by atoms with van der Waals surface area (Å²) in [5, 5.41) is 11.8. The predicted molar refractivity (Wildman–Crippen MR) is 62.6 cm³/mol. The van der Waals surface area contributed by atoms with Crippen LogP contribution < -0.4 is 5.32 Å². The molecule has 0 radical (unpaired) electrons. The Balaban J connectivity index is 2.00. The number of piperazine rings is 1. The standard InChI is InChI=1S/C12H20N2O3/c15-11-7-13-10(12(16)17)8-14(11)9-5-3-1-2-4-6-9/h9-10,13H,1-8H2,(H,16,17). The van der Waals surface area contributed by atoms with Gasteiger partial charge in [-0.05, 0) is 12.8 Å². The number of carboxylic acids is 1. The van der Waals surface area contributed by atoms with Crippen molar-refractivity contribution in [2.24, 2.45) is 0 Å². The summed E-state index contributed by atoms with van der Waals surface area (Å²) in [5.41, 5.74) is 0. The fourth-order valence-electron chi connectivity index (χ4n) is 2.76. The molecule has 2 N–H and O–H groups in total. The molecule has 0 bridgehead atoms. The first-order valence-electron chi connectivity index (χ1n) is 6.44. The Bertz CT molecular complexity index is 298. The van der Waals surface area contributed by atoms with Gasteiger partial charge in [-0.3, -0.25) is 14.9 Å². The normalized spacial score (nSPS) is 27.9. The molecule has 1 aliphatic carbocycles. The van der Waals surface area contributed by atoms with Crippen LogP contribution >= 0.6 is 0 Å². The third kappa shape index (κ3) is 2.97. The van der Waals surface area contributed by atoms with E-state index in [1.54, 1.807) is 4.90 Å². The van der Waals surface area contributed by atoms with Crippen molar-refractivity contribution in [1.82, 2.24) is 10.2 Å². The SMILES string of the molecule is O=C(O)C1CN(C2CCCCCC2)C(=O)CN1. The molecule has 96 valence electrons. The fourth-order valence-corrected chi connectivity index (χ4v) is 2.76. The summed E-state index contributed by atoms with van der Waals surface area (Å²) in [6, 6.07) is -0.343. The summed E-state index contributed by atoms with van der Waals surface area (Å²) in [6.45, 7) is 0.478. The largest absolute Gasteiger partial charge is 0.480 e. The van der Waals surface area contributed by atoms with Gasteiger partial charge in [-0.2, -0.15) is 0 Å². The fraction of sp³-hybridized carbons (Fsp3) is 0.833. The Hall–Kier alpha value is -1.10. The smallest absolute Gasteiger partial charge is 0.322 e. The average molecular weight is 240 g/mol. The van der Waals surface area contributed by atoms with Gasteiger partial charge >= 0.3 is 5.97 Å². The van der Waals surface area contributed by atoms with Crippen molar-refractivity contribution in [3.05, 3.63) is 0 Å². The number of hydrogen-bond acceptors (Lipinski definition) is 3. The van der Waals surface area contributed by atoms with Gasteiger partial charge in [-0.25, -0.2) is 0 Å². The van der Waals surface area contributed by atoms with Crippen LogP contribution in [0.25, 0.3) is 0 Å². The third-order valence-electron chi connectivity index (χ3n) is 3.76. The highest BCUT2D eigenvalue weighted by molar-refractivity contribution is 5.83. The lowest BCUT2D eigenvalue weighted by atomic mass is 10.0. The lowest BCUT2D eigenvalue weighted by Gasteiger charge is -2.37. The minimum absolute atomic E-state index is 0.0504. The van der Waals surface area contributed by atoms with Gasteiger partial charge in [-0.15, -0.1) is 0 Å². The molecule has 1 saturated carbocycles. The van der Waals surface area contributed by atoms with Crippen molar-refractivity contribution in [1.29, 1.82) is 0 Å². The molecular formula is C12H20N2O3. The molecule has 5 nitrogen and oxygen atoms in total. The molecule has 1 aliphatic heterocycles. The highest BCUT2D eigenvalue weighted by Crippen LogP contribution is 2.23. The first kappa shape index (κ1) is 12.4. The minimum Gasteiger partial charge on any atom is -0.480 e. The molecule has 0 aromatic heterocycles. The monoisotopic (exact) mass is 240 g/mol. The molecule has 17 heavy (non-hydrogen) atoms. The second-order valence-corrected chi connectivity index (χ2v) is 4.96. The summed E-state index contributed by atoms with van der Waals surface area (Å²) in [6.07, 6.45) is 6.83. The van der Waals surface area contributed by atoms with Crippen LogP contribution in [0.3, 0.4) is 0 Å². The molecule has 1 saturated heterocycles. The number of carboxylic acid groups (broad SMARTS) is 1. The summed E-state index contributed by atoms with van der Waals surface area (Å²) in [5.74, 6) is -0.814. The van der Waals surface area contributed by atoms with Crippen molar-refractivity contribution in [3.63, 3.8) is 0 Å². The zero-order valence-corrected chi connectivity index (χ0v) is 10.0. The maximum atomic E-state index is 11.8. The first-order valence-corrected chi connectivity index (χ1v) is 6.44. The van der Waals surface area contributed by atoms with Gasteiger partial charge in [0.25, 0.3) is 0 Å². The summed E-state index contributed by atoms with van der Waals surface area (Å²) >= 11 is 0. The molecule has 0 aromatic carbocycles. The first-order chi connectivity index (χ1) is 8.18. The van der Waals surface area contributed by atoms with Crippen LogP contribution in [0.2, 0.25) is 0 Å². The zero-order chi connectivity index (χ0) is 12.3. The Morgan fingerprint density at radius 3 is 2.47 bits per heavy atom. The number of carbonyl (C=O) groups excluding carboxylic acids is 1. The quantitative estimate of drug-likeness (QED) is 0.693. The number of aliphatic carboxylic acids is 1. The van der Waals surface area contributed by atoms with Crippen LogP contribution in [0, 0.1) is 0 Å². The zero-order valence-electron chi connectivity index (χ0n) is 10.0. The van der Waals surface area contributed by atoms with Crippen molar-refractivity contribution < 1.29 is 14.7 Å². The Morgan fingerprint density at radius 1 is 1.24 bits per heavy atom. The van der Waals surface area contributed by atoms with Crippen molar-refractivity contribution in [3.8, 4) is 0 Å². The Kier molecular flexibility index (Phi) is 3.99. The van der Waals surface area contributed by atoms with Crippen LogP contribution in [-0.2, 0) is 9.59 Å². The van der Waals surface area contributed by atoms with Gasteiger partial charge < -0.3 is 10.0 Å². The molecule has 1 unspecified atom stereocenters. The van der Waals surface area contributed by atoms with Crippen LogP contribution in [-0.4, -0.2) is 47.1 Å². The van der Waals surface area contributed by atoms with E-state index in [9.17, 15) is 9.59 Å². The van der Waals surface area contributed by atoms with Crippen molar-refractivity contribution in [2.75, 3.05) is 13.1 Å². The van der Waals surface area contributed by atoms with E-state index < -0.39 is 12.0 Å². The van der Waals surface area contributed by atoms with E-state index in [2.05, 4.69) is 5.32 Å². The molecule has 0 aromatic rings. The van der Waals surface area contributed by atoms with E-state index in [-0.39, 0.29) is 18.5 Å². The third-order valence-corrected chi connectivity index (χ3v) is 3.76. The second kappa shape index (κ2) is 5.49. The van der Waals surface area contributed by atoms with E-state index in [0.717, 1.165) is 25.7 Å². The van der Waals surface area contributed by atoms with Gasteiger partial charge in [0, 0.05) is 12.6 Å². The van der Waals surface area contributed by atoms with Gasteiger partial charge in [0.15, 0.2) is 0 Å². The Labute approximate surface area is 101 Å². The molecule has 5 heteroatoms. The molecule has 1 heterocycles. The van der Waals surface area contributed by atoms with Crippen LogP contribution in [0.15, 0.2) is 0 Å². The molecule has 2 aliphatic rings.